The van der Waals surface area contributed by atoms with E-state index in [9.17, 15) is 0 Å². The average Bonchev–Trinajstić information content (AvgIpc) is 2.75. The highest BCUT2D eigenvalue weighted by Gasteiger charge is 2.09. The van der Waals surface area contributed by atoms with E-state index in [1.807, 2.05) is 12.1 Å². The molecule has 5 heteroatoms. The van der Waals surface area contributed by atoms with E-state index in [0.717, 1.165) is 47.3 Å². The molecule has 0 fully saturated rings. The van der Waals surface area contributed by atoms with Crippen LogP contribution in [-0.4, -0.2) is 22.3 Å². The molecule has 0 N–H and O–H groups in total. The van der Waals surface area contributed by atoms with Crippen molar-refractivity contribution in [3.63, 3.8) is 0 Å². The molecule has 0 spiro atoms. The second kappa shape index (κ2) is 7.43. The Morgan fingerprint density at radius 1 is 1.35 bits per heavy atom. The minimum absolute atomic E-state index is 0.305. The van der Waals surface area contributed by atoms with Gasteiger partial charge in [-0.15, -0.1) is 11.6 Å². The first-order valence-electron chi connectivity index (χ1n) is 6.94. The smallest absolute Gasteiger partial charge is 0.124 e. The van der Waals surface area contributed by atoms with Gasteiger partial charge in [-0.25, -0.2) is 4.98 Å². The van der Waals surface area contributed by atoms with Crippen LogP contribution in [0.3, 0.4) is 0 Å². The first-order chi connectivity index (χ1) is 9.61. The molecule has 2 aromatic rings. The van der Waals surface area contributed by atoms with Crippen molar-refractivity contribution in [2.75, 3.05) is 6.61 Å². The number of aryl methyl sites for hydroxylation is 1. The minimum Gasteiger partial charge on any atom is -0.379 e. The van der Waals surface area contributed by atoms with Crippen molar-refractivity contribution in [2.45, 2.75) is 45.2 Å². The third-order valence-electron chi connectivity index (χ3n) is 3.14. The summed E-state index contributed by atoms with van der Waals surface area (Å²) in [6.07, 6.45) is 2.42. The summed E-state index contributed by atoms with van der Waals surface area (Å²) in [6, 6.07) is 6.16. The quantitative estimate of drug-likeness (QED) is 0.527. The monoisotopic (exact) mass is 358 g/mol. The normalized spacial score (nSPS) is 11.7. The Bertz CT molecular complexity index is 568. The Morgan fingerprint density at radius 3 is 2.85 bits per heavy atom. The lowest BCUT2D eigenvalue weighted by Crippen LogP contribution is -2.06. The lowest BCUT2D eigenvalue weighted by Gasteiger charge is -2.09. The number of benzene rings is 1. The Kier molecular flexibility index (Phi) is 5.87. The predicted octanol–water partition coefficient (Wildman–Crippen LogP) is 4.74. The molecule has 0 aliphatic heterocycles. The maximum Gasteiger partial charge on any atom is 0.124 e. The predicted molar refractivity (Wildman–Crippen MR) is 87.3 cm³/mol. The van der Waals surface area contributed by atoms with Crippen molar-refractivity contribution in [3.05, 3.63) is 28.5 Å². The summed E-state index contributed by atoms with van der Waals surface area (Å²) < 4.78 is 8.82. The van der Waals surface area contributed by atoms with Crippen molar-refractivity contribution >= 4 is 38.6 Å². The summed E-state index contributed by atoms with van der Waals surface area (Å²) in [5.74, 6) is 1.37. The minimum atomic E-state index is 0.305. The summed E-state index contributed by atoms with van der Waals surface area (Å²) in [6.45, 7) is 5.87. The maximum atomic E-state index is 6.01. The van der Waals surface area contributed by atoms with Gasteiger partial charge in [-0.1, -0.05) is 15.9 Å². The molecule has 0 unspecified atom stereocenters. The van der Waals surface area contributed by atoms with Gasteiger partial charge in [0.1, 0.15) is 5.82 Å². The highest BCUT2D eigenvalue weighted by atomic mass is 79.9. The topological polar surface area (TPSA) is 27.1 Å². The molecule has 110 valence electrons. The molecule has 0 amide bonds. The molecular weight excluding hydrogens is 340 g/mol. The Balaban J connectivity index is 2.04. The molecule has 0 aliphatic carbocycles. The zero-order valence-electron chi connectivity index (χ0n) is 11.9. The van der Waals surface area contributed by atoms with Crippen LogP contribution < -0.4 is 0 Å². The van der Waals surface area contributed by atoms with Crippen LogP contribution in [0.1, 0.15) is 32.5 Å². The SMILES string of the molecule is CC(C)OCCCCn1c(CCl)nc2cc(Br)ccc21. The summed E-state index contributed by atoms with van der Waals surface area (Å²) in [4.78, 5) is 4.59. The van der Waals surface area contributed by atoms with Gasteiger partial charge in [0.15, 0.2) is 0 Å². The van der Waals surface area contributed by atoms with Crippen LogP contribution in [0, 0.1) is 0 Å². The van der Waals surface area contributed by atoms with Crippen molar-refractivity contribution in [3.8, 4) is 0 Å². The molecule has 0 radical (unpaired) electrons. The van der Waals surface area contributed by atoms with E-state index < -0.39 is 0 Å². The number of unbranched alkanes of at least 4 members (excludes halogenated alkanes) is 1. The molecule has 1 heterocycles. The van der Waals surface area contributed by atoms with Gasteiger partial charge >= 0.3 is 0 Å². The molecule has 3 nitrogen and oxygen atoms in total. The number of fused-ring (bicyclic) bond motifs is 1. The molecule has 1 aromatic heterocycles. The third kappa shape index (κ3) is 3.96. The molecule has 0 saturated carbocycles. The highest BCUT2D eigenvalue weighted by molar-refractivity contribution is 9.10. The Morgan fingerprint density at radius 2 is 2.15 bits per heavy atom. The van der Waals surface area contributed by atoms with Gasteiger partial charge in [0, 0.05) is 17.6 Å². The van der Waals surface area contributed by atoms with E-state index in [-0.39, 0.29) is 0 Å². The number of aromatic nitrogens is 2. The lowest BCUT2D eigenvalue weighted by atomic mass is 10.3. The van der Waals surface area contributed by atoms with Gasteiger partial charge in [0.05, 0.1) is 23.0 Å². The van der Waals surface area contributed by atoms with E-state index in [1.165, 1.54) is 0 Å². The summed E-state index contributed by atoms with van der Waals surface area (Å²) in [5, 5.41) is 0. The van der Waals surface area contributed by atoms with E-state index in [1.54, 1.807) is 0 Å². The van der Waals surface area contributed by atoms with Crippen LogP contribution in [0.4, 0.5) is 0 Å². The molecule has 2 rings (SSSR count). The van der Waals surface area contributed by atoms with Crippen LogP contribution in [0.25, 0.3) is 11.0 Å². The highest BCUT2D eigenvalue weighted by Crippen LogP contribution is 2.22. The maximum absolute atomic E-state index is 6.01. The lowest BCUT2D eigenvalue weighted by molar-refractivity contribution is 0.0754. The van der Waals surface area contributed by atoms with Gasteiger partial charge in [0.25, 0.3) is 0 Å². The van der Waals surface area contributed by atoms with Gasteiger partial charge in [-0.05, 0) is 44.9 Å². The fourth-order valence-electron chi connectivity index (χ4n) is 2.20. The molecule has 0 atom stereocenters. The van der Waals surface area contributed by atoms with Crippen LogP contribution in [0.2, 0.25) is 0 Å². The summed E-state index contributed by atoms with van der Waals surface area (Å²) in [7, 11) is 0. The first-order valence-corrected chi connectivity index (χ1v) is 8.27. The third-order valence-corrected chi connectivity index (χ3v) is 3.87. The average molecular weight is 360 g/mol. The second-order valence-corrected chi connectivity index (χ2v) is 6.26. The van der Waals surface area contributed by atoms with Crippen LogP contribution >= 0.6 is 27.5 Å². The molecular formula is C15H20BrClN2O. The first kappa shape index (κ1) is 15.8. The van der Waals surface area contributed by atoms with Crippen LogP contribution in [-0.2, 0) is 17.2 Å². The second-order valence-electron chi connectivity index (χ2n) is 5.07. The van der Waals surface area contributed by atoms with Crippen molar-refractivity contribution in [1.82, 2.24) is 9.55 Å². The van der Waals surface area contributed by atoms with Crippen LogP contribution in [0.5, 0.6) is 0 Å². The number of hydrogen-bond acceptors (Lipinski definition) is 2. The largest absolute Gasteiger partial charge is 0.379 e. The molecule has 20 heavy (non-hydrogen) atoms. The van der Waals surface area contributed by atoms with Gasteiger partial charge < -0.3 is 9.30 Å². The van der Waals surface area contributed by atoms with Crippen molar-refractivity contribution in [1.29, 1.82) is 0 Å². The van der Waals surface area contributed by atoms with Gasteiger partial charge in [-0.2, -0.15) is 0 Å². The molecule has 1 aromatic carbocycles. The van der Waals surface area contributed by atoms with E-state index in [0.29, 0.717) is 12.0 Å². The fraction of sp³-hybridized carbons (Fsp3) is 0.533. The zero-order valence-corrected chi connectivity index (χ0v) is 14.2. The standard InChI is InChI=1S/C15H20BrClN2O/c1-11(2)20-8-4-3-7-19-14-6-5-12(16)9-13(14)18-15(19)10-17/h5-6,9,11H,3-4,7-8,10H2,1-2H3. The zero-order chi connectivity index (χ0) is 14.5. The summed E-state index contributed by atoms with van der Waals surface area (Å²) in [5.41, 5.74) is 2.14. The number of nitrogens with zero attached hydrogens (tertiary/aromatic N) is 2. The van der Waals surface area contributed by atoms with E-state index >= 15 is 0 Å². The molecule has 0 saturated heterocycles. The van der Waals surface area contributed by atoms with E-state index in [2.05, 4.69) is 45.4 Å². The van der Waals surface area contributed by atoms with Crippen LogP contribution in [0.15, 0.2) is 22.7 Å². The van der Waals surface area contributed by atoms with Crippen molar-refractivity contribution in [2.24, 2.45) is 0 Å². The fourth-order valence-corrected chi connectivity index (χ4v) is 2.75. The Labute approximate surface area is 133 Å². The molecule has 0 aliphatic rings. The number of ether oxygens (including phenoxy) is 1. The molecule has 0 bridgehead atoms. The number of rotatable bonds is 7. The van der Waals surface area contributed by atoms with Gasteiger partial charge in [-0.3, -0.25) is 0 Å². The Hall–Kier alpha value is -0.580. The number of alkyl halides is 1. The van der Waals surface area contributed by atoms with Gasteiger partial charge in [0.2, 0.25) is 0 Å². The number of imidazole rings is 1. The number of halogens is 2. The van der Waals surface area contributed by atoms with E-state index in [4.69, 9.17) is 16.3 Å². The van der Waals surface area contributed by atoms with Crippen molar-refractivity contribution < 1.29 is 4.74 Å². The summed E-state index contributed by atoms with van der Waals surface area (Å²) >= 11 is 9.48. The number of hydrogen-bond donors (Lipinski definition) is 0.